The molecule has 0 radical (unpaired) electrons. The number of anilines is 1. The van der Waals surface area contributed by atoms with Gasteiger partial charge in [0.2, 0.25) is 0 Å². The van der Waals surface area contributed by atoms with E-state index in [1.54, 1.807) is 6.92 Å². The van der Waals surface area contributed by atoms with Gasteiger partial charge >= 0.3 is 0 Å². The van der Waals surface area contributed by atoms with Crippen LogP contribution in [0.3, 0.4) is 0 Å². The molecule has 18 heavy (non-hydrogen) atoms. The molecule has 0 spiro atoms. The van der Waals surface area contributed by atoms with Gasteiger partial charge in [0.15, 0.2) is 5.78 Å². The predicted octanol–water partition coefficient (Wildman–Crippen LogP) is 3.28. The van der Waals surface area contributed by atoms with Crippen LogP contribution in [0.5, 0.6) is 5.75 Å². The Balaban J connectivity index is 2.43. The van der Waals surface area contributed by atoms with Crippen LogP contribution in [0.2, 0.25) is 0 Å². The van der Waals surface area contributed by atoms with Gasteiger partial charge in [-0.3, -0.25) is 4.79 Å². The Kier molecular flexibility index (Phi) is 3.33. The van der Waals surface area contributed by atoms with Crippen LogP contribution in [0.4, 0.5) is 5.69 Å². The lowest BCUT2D eigenvalue weighted by Crippen LogP contribution is -2.47. The number of carbonyl (C=O) groups is 1. The number of hydrogen-bond donors (Lipinski definition) is 0. The van der Waals surface area contributed by atoms with Crippen LogP contribution in [0, 0.1) is 0 Å². The Hall–Kier alpha value is -1.51. The highest BCUT2D eigenvalue weighted by Gasteiger charge is 2.31. The van der Waals surface area contributed by atoms with E-state index in [-0.39, 0.29) is 11.4 Å². The van der Waals surface area contributed by atoms with Gasteiger partial charge in [-0.2, -0.15) is 0 Å². The first-order valence-electron chi connectivity index (χ1n) is 6.52. The second-order valence-electron chi connectivity index (χ2n) is 5.52. The van der Waals surface area contributed by atoms with Crippen molar-refractivity contribution < 1.29 is 9.53 Å². The molecular formula is C15H21NO2. The van der Waals surface area contributed by atoms with Crippen LogP contribution >= 0.6 is 0 Å². The fraction of sp³-hybridized carbons (Fsp3) is 0.533. The van der Waals surface area contributed by atoms with Gasteiger partial charge in [0.25, 0.3) is 0 Å². The Morgan fingerprint density at radius 3 is 2.78 bits per heavy atom. The molecule has 1 heterocycles. The minimum Gasteiger partial charge on any atom is -0.484 e. The van der Waals surface area contributed by atoms with Crippen molar-refractivity contribution in [1.82, 2.24) is 0 Å². The minimum absolute atomic E-state index is 0.0964. The van der Waals surface area contributed by atoms with Gasteiger partial charge in [-0.1, -0.05) is 6.92 Å². The average Bonchev–Trinajstić information content (AvgIpc) is 2.27. The quantitative estimate of drug-likeness (QED) is 0.768. The second-order valence-corrected chi connectivity index (χ2v) is 5.52. The lowest BCUT2D eigenvalue weighted by Gasteiger charge is -2.41. The highest BCUT2D eigenvalue weighted by Crippen LogP contribution is 2.37. The molecule has 1 aromatic carbocycles. The Morgan fingerprint density at radius 1 is 1.44 bits per heavy atom. The van der Waals surface area contributed by atoms with Crippen molar-refractivity contribution in [2.45, 2.75) is 39.7 Å². The largest absolute Gasteiger partial charge is 0.484 e. The van der Waals surface area contributed by atoms with Gasteiger partial charge in [0.1, 0.15) is 11.4 Å². The highest BCUT2D eigenvalue weighted by molar-refractivity contribution is 5.95. The van der Waals surface area contributed by atoms with Crippen LogP contribution in [0.1, 0.15) is 44.5 Å². The van der Waals surface area contributed by atoms with Crippen molar-refractivity contribution in [3.8, 4) is 5.75 Å². The summed E-state index contributed by atoms with van der Waals surface area (Å²) in [7, 11) is 0. The maximum absolute atomic E-state index is 11.5. The molecule has 0 saturated carbocycles. The van der Waals surface area contributed by atoms with E-state index in [0.717, 1.165) is 36.5 Å². The number of fused-ring (bicyclic) bond motifs is 1. The Labute approximate surface area is 109 Å². The number of Topliss-reactive ketones (excluding diaryl/α,β-unsaturated/α-hetero) is 1. The topological polar surface area (TPSA) is 29.5 Å². The molecule has 3 heteroatoms. The molecule has 1 aliphatic rings. The number of ether oxygens (including phenoxy) is 1. The first kappa shape index (κ1) is 12.9. The van der Waals surface area contributed by atoms with Crippen molar-refractivity contribution in [2.24, 2.45) is 0 Å². The van der Waals surface area contributed by atoms with E-state index < -0.39 is 0 Å². The second kappa shape index (κ2) is 4.63. The summed E-state index contributed by atoms with van der Waals surface area (Å²) in [5.74, 6) is 0.976. The predicted molar refractivity (Wildman–Crippen MR) is 73.7 cm³/mol. The van der Waals surface area contributed by atoms with Gasteiger partial charge in [-0.05, 0) is 45.4 Å². The summed E-state index contributed by atoms with van der Waals surface area (Å²) in [6, 6.07) is 5.70. The maximum atomic E-state index is 11.5. The molecule has 0 aliphatic carbocycles. The molecule has 0 bridgehead atoms. The van der Waals surface area contributed by atoms with E-state index in [9.17, 15) is 4.79 Å². The van der Waals surface area contributed by atoms with E-state index >= 15 is 0 Å². The first-order chi connectivity index (χ1) is 8.43. The summed E-state index contributed by atoms with van der Waals surface area (Å²) in [5, 5.41) is 0. The van der Waals surface area contributed by atoms with Crippen LogP contribution in [-0.4, -0.2) is 24.5 Å². The van der Waals surface area contributed by atoms with Crippen LogP contribution in [-0.2, 0) is 0 Å². The van der Waals surface area contributed by atoms with Crippen LogP contribution < -0.4 is 9.64 Å². The van der Waals surface area contributed by atoms with E-state index in [2.05, 4.69) is 25.7 Å². The van der Waals surface area contributed by atoms with Gasteiger partial charge in [0.05, 0.1) is 12.2 Å². The minimum atomic E-state index is -0.181. The summed E-state index contributed by atoms with van der Waals surface area (Å²) in [5.41, 5.74) is 1.61. The van der Waals surface area contributed by atoms with Gasteiger partial charge < -0.3 is 9.64 Å². The van der Waals surface area contributed by atoms with E-state index in [0.29, 0.717) is 0 Å². The monoisotopic (exact) mass is 247 g/mol. The fourth-order valence-electron chi connectivity index (χ4n) is 2.41. The zero-order valence-electron chi connectivity index (χ0n) is 11.6. The molecule has 0 unspecified atom stereocenters. The maximum Gasteiger partial charge on any atom is 0.159 e. The van der Waals surface area contributed by atoms with Gasteiger partial charge in [0, 0.05) is 12.1 Å². The lowest BCUT2D eigenvalue weighted by molar-refractivity contribution is 0.101. The molecular weight excluding hydrogens is 226 g/mol. The van der Waals surface area contributed by atoms with Crippen molar-refractivity contribution in [3.63, 3.8) is 0 Å². The number of benzene rings is 1. The van der Waals surface area contributed by atoms with Crippen LogP contribution in [0.25, 0.3) is 0 Å². The smallest absolute Gasteiger partial charge is 0.159 e. The molecule has 0 aromatic heterocycles. The zero-order valence-corrected chi connectivity index (χ0v) is 11.6. The molecule has 1 aliphatic heterocycles. The Morgan fingerprint density at radius 2 is 2.17 bits per heavy atom. The zero-order chi connectivity index (χ0) is 13.3. The lowest BCUT2D eigenvalue weighted by atomic mass is 10.0. The molecule has 0 N–H and O–H groups in total. The van der Waals surface area contributed by atoms with Crippen molar-refractivity contribution >= 4 is 11.5 Å². The van der Waals surface area contributed by atoms with Gasteiger partial charge in [-0.25, -0.2) is 0 Å². The SMILES string of the molecule is CCCN1CC(C)(C)Oc2ccc(C(C)=O)cc21. The normalized spacial score (nSPS) is 17.0. The molecule has 0 saturated heterocycles. The number of ketones is 1. The Bertz CT molecular complexity index is 466. The summed E-state index contributed by atoms with van der Waals surface area (Å²) >= 11 is 0. The molecule has 1 aromatic rings. The highest BCUT2D eigenvalue weighted by atomic mass is 16.5. The molecule has 98 valence electrons. The molecule has 2 rings (SSSR count). The standard InChI is InChI=1S/C15H21NO2/c1-5-8-16-10-15(3,4)18-14-7-6-12(11(2)17)9-13(14)16/h6-7,9H,5,8,10H2,1-4H3. The summed E-state index contributed by atoms with van der Waals surface area (Å²) in [4.78, 5) is 13.8. The molecule has 0 fully saturated rings. The number of rotatable bonds is 3. The molecule has 3 nitrogen and oxygen atoms in total. The van der Waals surface area contributed by atoms with Crippen molar-refractivity contribution in [3.05, 3.63) is 23.8 Å². The summed E-state index contributed by atoms with van der Waals surface area (Å²) in [6.45, 7) is 9.79. The number of nitrogens with zero attached hydrogens (tertiary/aromatic N) is 1. The molecule has 0 amide bonds. The third-order valence-corrected chi connectivity index (χ3v) is 3.16. The summed E-state index contributed by atoms with van der Waals surface area (Å²) < 4.78 is 5.98. The average molecular weight is 247 g/mol. The van der Waals surface area contributed by atoms with E-state index in [1.165, 1.54) is 0 Å². The van der Waals surface area contributed by atoms with Crippen molar-refractivity contribution in [2.75, 3.05) is 18.0 Å². The van der Waals surface area contributed by atoms with Crippen molar-refractivity contribution in [1.29, 1.82) is 0 Å². The third kappa shape index (κ3) is 2.50. The first-order valence-corrected chi connectivity index (χ1v) is 6.52. The summed E-state index contributed by atoms with van der Waals surface area (Å²) in [6.07, 6.45) is 1.08. The van der Waals surface area contributed by atoms with E-state index in [1.807, 2.05) is 18.2 Å². The number of hydrogen-bond acceptors (Lipinski definition) is 3. The third-order valence-electron chi connectivity index (χ3n) is 3.16. The molecule has 0 atom stereocenters. The van der Waals surface area contributed by atoms with Crippen LogP contribution in [0.15, 0.2) is 18.2 Å². The number of carbonyl (C=O) groups excluding carboxylic acids is 1. The van der Waals surface area contributed by atoms with E-state index in [4.69, 9.17) is 4.74 Å². The van der Waals surface area contributed by atoms with Gasteiger partial charge in [-0.15, -0.1) is 0 Å². The fourth-order valence-corrected chi connectivity index (χ4v) is 2.41.